The van der Waals surface area contributed by atoms with Crippen molar-refractivity contribution in [3.05, 3.63) is 40.3 Å². The monoisotopic (exact) mass is 346 g/mol. The molecule has 0 saturated carbocycles. The molecule has 1 fully saturated rings. The highest BCUT2D eigenvalue weighted by atomic mass is 32.1. The molecule has 0 aromatic carbocycles. The van der Waals surface area contributed by atoms with Gasteiger partial charge in [-0.3, -0.25) is 14.4 Å². The second-order valence-corrected chi connectivity index (χ2v) is 7.44. The zero-order chi connectivity index (χ0) is 16.9. The summed E-state index contributed by atoms with van der Waals surface area (Å²) < 4.78 is 1.99. The number of aryl methyl sites for hydroxylation is 1. The van der Waals surface area contributed by atoms with Gasteiger partial charge < -0.3 is 5.32 Å². The highest BCUT2D eigenvalue weighted by Crippen LogP contribution is 2.28. The van der Waals surface area contributed by atoms with Crippen molar-refractivity contribution in [1.29, 1.82) is 0 Å². The summed E-state index contributed by atoms with van der Waals surface area (Å²) in [6.45, 7) is 7.61. The van der Waals surface area contributed by atoms with Gasteiger partial charge in [0.05, 0.1) is 18.8 Å². The van der Waals surface area contributed by atoms with Gasteiger partial charge in [0.1, 0.15) is 0 Å². The van der Waals surface area contributed by atoms with Crippen LogP contribution in [-0.2, 0) is 17.9 Å². The summed E-state index contributed by atoms with van der Waals surface area (Å²) in [5.41, 5.74) is 1.34. The van der Waals surface area contributed by atoms with Gasteiger partial charge in [0, 0.05) is 17.6 Å². The van der Waals surface area contributed by atoms with E-state index < -0.39 is 0 Å². The van der Waals surface area contributed by atoms with Crippen molar-refractivity contribution in [2.24, 2.45) is 0 Å². The van der Waals surface area contributed by atoms with E-state index in [1.165, 1.54) is 10.4 Å². The molecule has 1 amide bonds. The lowest BCUT2D eigenvalue weighted by molar-refractivity contribution is -0.126. The Balaban J connectivity index is 1.47. The minimum absolute atomic E-state index is 0.0655. The van der Waals surface area contributed by atoms with Crippen LogP contribution in [0.3, 0.4) is 0 Å². The molecule has 0 aliphatic carbocycles. The number of aromatic nitrogens is 2. The number of nitrogens with zero attached hydrogens (tertiary/aromatic N) is 3. The van der Waals surface area contributed by atoms with Crippen molar-refractivity contribution in [3.8, 4) is 0 Å². The molecule has 6 heteroatoms. The fourth-order valence-corrected chi connectivity index (χ4v) is 3.93. The zero-order valence-electron chi connectivity index (χ0n) is 14.4. The van der Waals surface area contributed by atoms with Gasteiger partial charge in [-0.2, -0.15) is 5.10 Å². The summed E-state index contributed by atoms with van der Waals surface area (Å²) in [5.74, 6) is 0.698. The third kappa shape index (κ3) is 4.05. The molecule has 1 atom stereocenters. The first-order chi connectivity index (χ1) is 11.7. The minimum atomic E-state index is -0.0655. The maximum atomic E-state index is 12.4. The zero-order valence-corrected chi connectivity index (χ0v) is 15.3. The van der Waals surface area contributed by atoms with E-state index in [0.29, 0.717) is 12.5 Å². The molecule has 130 valence electrons. The Labute approximate surface area is 147 Å². The summed E-state index contributed by atoms with van der Waals surface area (Å²) >= 11 is 1.68. The van der Waals surface area contributed by atoms with E-state index in [1.807, 2.05) is 29.2 Å². The first-order valence-electron chi connectivity index (χ1n) is 8.74. The molecular weight excluding hydrogens is 320 g/mol. The predicted octanol–water partition coefficient (Wildman–Crippen LogP) is 2.85. The summed E-state index contributed by atoms with van der Waals surface area (Å²) in [4.78, 5) is 15.9. The van der Waals surface area contributed by atoms with Crippen molar-refractivity contribution in [2.75, 3.05) is 13.1 Å². The number of likely N-dealkylation sites (tertiary alicyclic amines) is 1. The fourth-order valence-electron chi connectivity index (χ4n) is 3.28. The molecule has 5 nitrogen and oxygen atoms in total. The Morgan fingerprint density at radius 2 is 2.25 bits per heavy atom. The van der Waals surface area contributed by atoms with Gasteiger partial charge in [0.25, 0.3) is 0 Å². The number of carbonyl (C=O) groups excluding carboxylic acids is 1. The lowest BCUT2D eigenvalue weighted by Crippen LogP contribution is -2.47. The van der Waals surface area contributed by atoms with Gasteiger partial charge in [0.15, 0.2) is 0 Å². The van der Waals surface area contributed by atoms with Gasteiger partial charge >= 0.3 is 0 Å². The van der Waals surface area contributed by atoms with Crippen LogP contribution in [-0.4, -0.2) is 39.7 Å². The molecule has 3 rings (SSSR count). The van der Waals surface area contributed by atoms with E-state index in [0.717, 1.165) is 32.5 Å². The van der Waals surface area contributed by atoms with Gasteiger partial charge in [-0.1, -0.05) is 6.07 Å². The Bertz CT molecular complexity index is 644. The van der Waals surface area contributed by atoms with Gasteiger partial charge in [-0.05, 0) is 62.7 Å². The molecule has 0 bridgehead atoms. The number of piperidine rings is 1. The number of carbonyl (C=O) groups is 1. The second kappa shape index (κ2) is 7.94. The molecule has 0 unspecified atom stereocenters. The number of amides is 1. The topological polar surface area (TPSA) is 50.2 Å². The minimum Gasteiger partial charge on any atom is -0.350 e. The molecule has 1 aliphatic heterocycles. The van der Waals surface area contributed by atoms with Crippen molar-refractivity contribution in [2.45, 2.75) is 51.7 Å². The van der Waals surface area contributed by atoms with Crippen LogP contribution < -0.4 is 5.32 Å². The molecule has 1 saturated heterocycles. The first-order valence-corrected chi connectivity index (χ1v) is 9.61. The summed E-state index contributed by atoms with van der Waals surface area (Å²) in [5, 5.41) is 9.47. The Hall–Kier alpha value is -1.66. The number of hydrogen-bond donors (Lipinski definition) is 1. The van der Waals surface area contributed by atoms with Gasteiger partial charge in [0.2, 0.25) is 5.91 Å². The van der Waals surface area contributed by atoms with Gasteiger partial charge in [-0.15, -0.1) is 11.3 Å². The normalized spacial score (nSPS) is 17.8. The van der Waals surface area contributed by atoms with Crippen LogP contribution in [0.25, 0.3) is 0 Å². The average Bonchev–Trinajstić information content (AvgIpc) is 3.30. The average molecular weight is 347 g/mol. The highest BCUT2D eigenvalue weighted by molar-refractivity contribution is 7.09. The van der Waals surface area contributed by atoms with E-state index in [1.54, 1.807) is 11.3 Å². The standard InChI is InChI=1S/C18H26N4OS/c1-3-22-13-16(11-20-22)15-6-8-21(9-7-15)14(2)18(23)19-12-17-5-4-10-24-17/h4-5,10-11,13-15H,3,6-9,12H2,1-2H3,(H,19,23)/t14-/m0/s1. The fraction of sp³-hybridized carbons (Fsp3) is 0.556. The predicted molar refractivity (Wildman–Crippen MR) is 97.1 cm³/mol. The third-order valence-corrected chi connectivity index (χ3v) is 5.80. The van der Waals surface area contributed by atoms with Crippen LogP contribution in [0.5, 0.6) is 0 Å². The van der Waals surface area contributed by atoms with Crippen molar-refractivity contribution in [1.82, 2.24) is 20.0 Å². The van der Waals surface area contributed by atoms with E-state index in [4.69, 9.17) is 0 Å². The largest absolute Gasteiger partial charge is 0.350 e. The Kier molecular flexibility index (Phi) is 5.68. The molecular formula is C18H26N4OS. The van der Waals surface area contributed by atoms with Crippen molar-refractivity contribution >= 4 is 17.2 Å². The maximum absolute atomic E-state index is 12.4. The maximum Gasteiger partial charge on any atom is 0.237 e. The smallest absolute Gasteiger partial charge is 0.237 e. The van der Waals surface area contributed by atoms with E-state index in [2.05, 4.69) is 34.5 Å². The summed E-state index contributed by atoms with van der Waals surface area (Å²) in [7, 11) is 0. The van der Waals surface area contributed by atoms with E-state index in [9.17, 15) is 4.79 Å². The van der Waals surface area contributed by atoms with Crippen molar-refractivity contribution in [3.63, 3.8) is 0 Å². The molecule has 2 aromatic rings. The Morgan fingerprint density at radius 1 is 1.46 bits per heavy atom. The molecule has 2 aromatic heterocycles. The summed E-state index contributed by atoms with van der Waals surface area (Å²) in [6, 6.07) is 4.00. The summed E-state index contributed by atoms with van der Waals surface area (Å²) in [6.07, 6.45) is 6.36. The second-order valence-electron chi connectivity index (χ2n) is 6.41. The number of thiophene rings is 1. The van der Waals surface area contributed by atoms with Crippen LogP contribution >= 0.6 is 11.3 Å². The van der Waals surface area contributed by atoms with Gasteiger partial charge in [-0.25, -0.2) is 0 Å². The number of hydrogen-bond acceptors (Lipinski definition) is 4. The van der Waals surface area contributed by atoms with Crippen LogP contribution in [0.1, 0.15) is 43.0 Å². The number of rotatable bonds is 6. The molecule has 1 N–H and O–H groups in total. The molecule has 0 spiro atoms. The van der Waals surface area contributed by atoms with Crippen LogP contribution in [0, 0.1) is 0 Å². The quantitative estimate of drug-likeness (QED) is 0.875. The van der Waals surface area contributed by atoms with E-state index >= 15 is 0 Å². The molecule has 0 radical (unpaired) electrons. The van der Waals surface area contributed by atoms with Crippen LogP contribution in [0.15, 0.2) is 29.9 Å². The lowest BCUT2D eigenvalue weighted by atomic mass is 9.91. The Morgan fingerprint density at radius 3 is 2.88 bits per heavy atom. The molecule has 1 aliphatic rings. The van der Waals surface area contributed by atoms with Crippen LogP contribution in [0.4, 0.5) is 0 Å². The highest BCUT2D eigenvalue weighted by Gasteiger charge is 2.27. The van der Waals surface area contributed by atoms with Crippen molar-refractivity contribution < 1.29 is 4.79 Å². The third-order valence-electron chi connectivity index (χ3n) is 4.92. The SMILES string of the molecule is CCn1cc(C2CCN([C@@H](C)C(=O)NCc3cccs3)CC2)cn1. The number of nitrogens with one attached hydrogen (secondary N) is 1. The first kappa shape index (κ1) is 17.2. The molecule has 24 heavy (non-hydrogen) atoms. The molecule has 3 heterocycles. The van der Waals surface area contributed by atoms with Crippen LogP contribution in [0.2, 0.25) is 0 Å². The lowest BCUT2D eigenvalue weighted by Gasteiger charge is -2.35. The van der Waals surface area contributed by atoms with E-state index in [-0.39, 0.29) is 11.9 Å².